The van der Waals surface area contributed by atoms with Gasteiger partial charge in [0, 0.05) is 18.8 Å². The molecule has 0 heterocycles. The number of alkyl halides is 3. The van der Waals surface area contributed by atoms with Crippen molar-refractivity contribution < 1.29 is 22.8 Å². The number of nitrogens with one attached hydrogen (secondary N) is 1. The number of hydrogen-bond donors (Lipinski definition) is 1. The lowest BCUT2D eigenvalue weighted by Gasteiger charge is -2.16. The summed E-state index contributed by atoms with van der Waals surface area (Å²) < 4.78 is 37.6. The van der Waals surface area contributed by atoms with Gasteiger partial charge in [-0.25, -0.2) is 0 Å². The van der Waals surface area contributed by atoms with Gasteiger partial charge in [-0.1, -0.05) is 24.3 Å². The summed E-state index contributed by atoms with van der Waals surface area (Å²) in [5.74, 6) is -0.775. The van der Waals surface area contributed by atoms with Gasteiger partial charge in [0.25, 0.3) is 0 Å². The Morgan fingerprint density at radius 2 is 1.71 bits per heavy atom. The Labute approximate surface area is 161 Å². The normalized spacial score (nSPS) is 11.5. The lowest BCUT2D eigenvalue weighted by molar-refractivity contribution is -0.137. The Bertz CT molecular complexity index is 888. The Hall–Kier alpha value is -3.09. The third-order valence-corrected chi connectivity index (χ3v) is 4.29. The number of carbonyl (C=O) groups is 2. The molecule has 2 aromatic carbocycles. The molecule has 2 aromatic rings. The van der Waals surface area contributed by atoms with Crippen LogP contribution in [0.3, 0.4) is 0 Å². The van der Waals surface area contributed by atoms with E-state index in [1.165, 1.54) is 36.2 Å². The summed E-state index contributed by atoms with van der Waals surface area (Å²) in [5, 5.41) is 2.77. The number of likely N-dealkylation sites (N-methyl/N-ethyl adjacent to an activating group) is 1. The van der Waals surface area contributed by atoms with E-state index in [4.69, 9.17) is 0 Å². The molecule has 0 unspecified atom stereocenters. The lowest BCUT2D eigenvalue weighted by atomic mass is 10.1. The fourth-order valence-corrected chi connectivity index (χ4v) is 2.45. The molecule has 0 spiro atoms. The lowest BCUT2D eigenvalue weighted by Crippen LogP contribution is -2.34. The number of amides is 2. The van der Waals surface area contributed by atoms with Crippen molar-refractivity contribution in [3.63, 3.8) is 0 Å². The van der Waals surface area contributed by atoms with Crippen LogP contribution >= 0.6 is 0 Å². The number of anilines is 1. The van der Waals surface area contributed by atoms with E-state index in [0.29, 0.717) is 11.3 Å². The van der Waals surface area contributed by atoms with Crippen LogP contribution < -0.4 is 5.32 Å². The highest BCUT2D eigenvalue weighted by molar-refractivity contribution is 5.98. The second-order valence-corrected chi connectivity index (χ2v) is 6.44. The first-order valence-corrected chi connectivity index (χ1v) is 8.54. The van der Waals surface area contributed by atoms with Crippen molar-refractivity contribution in [3.8, 4) is 0 Å². The zero-order valence-corrected chi connectivity index (χ0v) is 15.8. The number of carbonyl (C=O) groups excluding carboxylic acids is 2. The Kier molecular flexibility index (Phi) is 6.62. The number of nitrogens with zero attached hydrogens (tertiary/aromatic N) is 1. The Morgan fingerprint density at radius 3 is 2.32 bits per heavy atom. The predicted octanol–water partition coefficient (Wildman–Crippen LogP) is 4.43. The maximum absolute atomic E-state index is 12.5. The number of hydrogen-bond acceptors (Lipinski definition) is 2. The summed E-state index contributed by atoms with van der Waals surface area (Å²) in [6.45, 7) is 3.68. The fourth-order valence-electron chi connectivity index (χ4n) is 2.45. The third-order valence-electron chi connectivity index (χ3n) is 4.29. The van der Waals surface area contributed by atoms with Crippen molar-refractivity contribution in [2.24, 2.45) is 0 Å². The van der Waals surface area contributed by atoms with Crippen LogP contribution in [0.1, 0.15) is 22.3 Å². The fraction of sp³-hybridized carbons (Fsp3) is 0.238. The minimum Gasteiger partial charge on any atom is -0.333 e. The molecule has 0 saturated heterocycles. The summed E-state index contributed by atoms with van der Waals surface area (Å²) in [7, 11) is 1.47. The van der Waals surface area contributed by atoms with E-state index >= 15 is 0 Å². The predicted molar refractivity (Wildman–Crippen MR) is 103 cm³/mol. The average molecular weight is 390 g/mol. The number of rotatable bonds is 5. The zero-order chi connectivity index (χ0) is 20.9. The summed E-state index contributed by atoms with van der Waals surface area (Å²) in [5.41, 5.74) is 2.38. The van der Waals surface area contributed by atoms with E-state index in [1.54, 1.807) is 6.07 Å². The SMILES string of the molecule is Cc1cccc(NC(=O)CN(C)C(=O)/C=C/c2ccc(C(F)(F)F)cc2)c1C. The molecule has 0 aliphatic heterocycles. The molecule has 2 rings (SSSR count). The largest absolute Gasteiger partial charge is 0.416 e. The first kappa shape index (κ1) is 21.2. The van der Waals surface area contributed by atoms with Crippen LogP contribution in [-0.2, 0) is 15.8 Å². The number of benzene rings is 2. The average Bonchev–Trinajstić information content (AvgIpc) is 2.63. The van der Waals surface area contributed by atoms with E-state index in [-0.39, 0.29) is 12.5 Å². The first-order chi connectivity index (χ1) is 13.1. The minimum absolute atomic E-state index is 0.149. The van der Waals surface area contributed by atoms with E-state index in [2.05, 4.69) is 5.32 Å². The van der Waals surface area contributed by atoms with E-state index in [0.717, 1.165) is 23.3 Å². The molecule has 0 radical (unpaired) electrons. The van der Waals surface area contributed by atoms with Crippen LogP contribution in [0.2, 0.25) is 0 Å². The van der Waals surface area contributed by atoms with Gasteiger partial charge in [-0.2, -0.15) is 13.2 Å². The van der Waals surface area contributed by atoms with E-state index in [1.807, 2.05) is 26.0 Å². The summed E-state index contributed by atoms with van der Waals surface area (Å²) >= 11 is 0. The van der Waals surface area contributed by atoms with Crippen molar-refractivity contribution in [3.05, 3.63) is 70.8 Å². The minimum atomic E-state index is -4.40. The first-order valence-electron chi connectivity index (χ1n) is 8.54. The van der Waals surface area contributed by atoms with Crippen molar-refractivity contribution in [1.29, 1.82) is 0 Å². The smallest absolute Gasteiger partial charge is 0.333 e. The number of aryl methyl sites for hydroxylation is 1. The highest BCUT2D eigenvalue weighted by Gasteiger charge is 2.29. The summed E-state index contributed by atoms with van der Waals surface area (Å²) in [6.07, 6.45) is -1.78. The van der Waals surface area contributed by atoms with Crippen LogP contribution in [0.15, 0.2) is 48.5 Å². The van der Waals surface area contributed by atoms with E-state index in [9.17, 15) is 22.8 Å². The van der Waals surface area contributed by atoms with Crippen molar-refractivity contribution in [2.75, 3.05) is 18.9 Å². The van der Waals surface area contributed by atoms with Crippen LogP contribution in [0.25, 0.3) is 6.08 Å². The molecule has 7 heteroatoms. The Balaban J connectivity index is 1.94. The second-order valence-electron chi connectivity index (χ2n) is 6.44. The van der Waals surface area contributed by atoms with Crippen LogP contribution in [-0.4, -0.2) is 30.3 Å². The van der Waals surface area contributed by atoms with Crippen LogP contribution in [0.5, 0.6) is 0 Å². The van der Waals surface area contributed by atoms with Gasteiger partial charge in [0.2, 0.25) is 11.8 Å². The molecule has 1 N–H and O–H groups in total. The van der Waals surface area contributed by atoms with Gasteiger partial charge < -0.3 is 10.2 Å². The second kappa shape index (κ2) is 8.73. The molecular weight excluding hydrogens is 369 g/mol. The highest BCUT2D eigenvalue weighted by Crippen LogP contribution is 2.29. The molecule has 2 amide bonds. The van der Waals surface area contributed by atoms with Gasteiger partial charge in [0.15, 0.2) is 0 Å². The Morgan fingerprint density at radius 1 is 1.07 bits per heavy atom. The molecule has 0 aliphatic rings. The highest BCUT2D eigenvalue weighted by atomic mass is 19.4. The van der Waals surface area contributed by atoms with Gasteiger partial charge >= 0.3 is 6.18 Å². The van der Waals surface area contributed by atoms with Crippen LogP contribution in [0, 0.1) is 13.8 Å². The van der Waals surface area contributed by atoms with Crippen LogP contribution in [0.4, 0.5) is 18.9 Å². The molecule has 0 bridgehead atoms. The standard InChI is InChI=1S/C21H21F3N2O2/c1-14-5-4-6-18(15(14)2)25-19(27)13-26(3)20(28)12-9-16-7-10-17(11-8-16)21(22,23)24/h4-12H,13H2,1-3H3,(H,25,27)/b12-9+. The van der Waals surface area contributed by atoms with Crippen molar-refractivity contribution in [2.45, 2.75) is 20.0 Å². The molecule has 148 valence electrons. The maximum Gasteiger partial charge on any atom is 0.416 e. The monoisotopic (exact) mass is 390 g/mol. The molecule has 0 fully saturated rings. The van der Waals surface area contributed by atoms with E-state index < -0.39 is 17.6 Å². The topological polar surface area (TPSA) is 49.4 Å². The van der Waals surface area contributed by atoms with Gasteiger partial charge in [-0.15, -0.1) is 0 Å². The van der Waals surface area contributed by atoms with Gasteiger partial charge in [0.1, 0.15) is 0 Å². The van der Waals surface area contributed by atoms with Gasteiger partial charge in [-0.3, -0.25) is 9.59 Å². The molecular formula is C21H21F3N2O2. The van der Waals surface area contributed by atoms with Gasteiger partial charge in [-0.05, 0) is 54.8 Å². The maximum atomic E-state index is 12.5. The zero-order valence-electron chi connectivity index (χ0n) is 15.8. The molecule has 0 aromatic heterocycles. The number of halogens is 3. The van der Waals surface area contributed by atoms with Crippen molar-refractivity contribution in [1.82, 2.24) is 4.90 Å². The molecule has 0 atom stereocenters. The van der Waals surface area contributed by atoms with Crippen molar-refractivity contribution >= 4 is 23.6 Å². The summed E-state index contributed by atoms with van der Waals surface area (Å²) in [4.78, 5) is 25.5. The third kappa shape index (κ3) is 5.70. The van der Waals surface area contributed by atoms with Gasteiger partial charge in [0.05, 0.1) is 12.1 Å². The molecule has 28 heavy (non-hydrogen) atoms. The summed E-state index contributed by atoms with van der Waals surface area (Å²) in [6, 6.07) is 10.0. The quantitative estimate of drug-likeness (QED) is 0.768. The molecule has 4 nitrogen and oxygen atoms in total. The molecule has 0 aliphatic carbocycles. The molecule has 0 saturated carbocycles.